The third kappa shape index (κ3) is 6.11. The highest BCUT2D eigenvalue weighted by Gasteiger charge is 2.20. The molecule has 0 atom stereocenters. The second-order valence-electron chi connectivity index (χ2n) is 6.10. The third-order valence-corrected chi connectivity index (χ3v) is 5.09. The maximum absolute atomic E-state index is 5.13. The molecule has 0 unspecified atom stereocenters. The average molecular weight is 490 g/mol. The van der Waals surface area contributed by atoms with Crippen LogP contribution in [0.25, 0.3) is 0 Å². The lowest BCUT2D eigenvalue weighted by atomic mass is 10.1. The van der Waals surface area contributed by atoms with Crippen molar-refractivity contribution in [2.45, 2.75) is 39.2 Å². The summed E-state index contributed by atoms with van der Waals surface area (Å²) in [6.45, 7) is 7.55. The average Bonchev–Trinajstić information content (AvgIpc) is 3.28. The summed E-state index contributed by atoms with van der Waals surface area (Å²) in [7, 11) is 0. The number of aliphatic imine (C=N–C) groups is 1. The van der Waals surface area contributed by atoms with Crippen LogP contribution in [0, 0.1) is 6.92 Å². The summed E-state index contributed by atoms with van der Waals surface area (Å²) in [5, 5.41) is 14.2. The van der Waals surface area contributed by atoms with E-state index < -0.39 is 0 Å². The van der Waals surface area contributed by atoms with Crippen molar-refractivity contribution in [3.63, 3.8) is 0 Å². The molecule has 3 rings (SSSR count). The fraction of sp³-hybridized carbons (Fsp3) is 0.588. The van der Waals surface area contributed by atoms with Gasteiger partial charge in [0.2, 0.25) is 5.89 Å². The summed E-state index contributed by atoms with van der Waals surface area (Å²) in [6, 6.07) is 4.77. The Morgan fingerprint density at radius 3 is 2.85 bits per heavy atom. The predicted octanol–water partition coefficient (Wildman–Crippen LogP) is 2.82. The summed E-state index contributed by atoms with van der Waals surface area (Å²) in [5.74, 6) is 2.18. The molecule has 0 bridgehead atoms. The van der Waals surface area contributed by atoms with E-state index in [4.69, 9.17) is 4.52 Å². The van der Waals surface area contributed by atoms with E-state index in [-0.39, 0.29) is 24.0 Å². The summed E-state index contributed by atoms with van der Waals surface area (Å²) in [5.41, 5.74) is 0. The zero-order valence-corrected chi connectivity index (χ0v) is 18.4. The Hall–Kier alpha value is -1.36. The normalized spacial score (nSPS) is 15.6. The number of hydrogen-bond donors (Lipinski definition) is 2. The number of aryl methyl sites for hydroxylation is 1. The molecule has 0 aliphatic carbocycles. The van der Waals surface area contributed by atoms with Gasteiger partial charge in [0, 0.05) is 32.1 Å². The standard InChI is InChI=1S/C17H26N6OS.HI/c1-3-18-17(19-9-6-15-20-13(2)22-24-15)21-14-7-10-23(11-8-14)16-5-4-12-25-16;/h4-5,12,14H,3,6-11H2,1-2H3,(H2,18,19,21);1H. The van der Waals surface area contributed by atoms with Gasteiger partial charge in [-0.3, -0.25) is 4.99 Å². The van der Waals surface area contributed by atoms with E-state index in [0.717, 1.165) is 38.4 Å². The molecule has 2 aromatic rings. The Kier molecular flexibility index (Phi) is 8.63. The first-order valence-electron chi connectivity index (χ1n) is 8.87. The van der Waals surface area contributed by atoms with E-state index in [1.54, 1.807) is 0 Å². The number of thiophene rings is 1. The van der Waals surface area contributed by atoms with E-state index in [1.807, 2.05) is 18.3 Å². The van der Waals surface area contributed by atoms with Gasteiger partial charge in [-0.2, -0.15) is 4.98 Å². The van der Waals surface area contributed by atoms with E-state index in [9.17, 15) is 0 Å². The van der Waals surface area contributed by atoms with Crippen LogP contribution >= 0.6 is 35.3 Å². The Morgan fingerprint density at radius 2 is 2.23 bits per heavy atom. The molecule has 1 aliphatic heterocycles. The molecule has 0 radical (unpaired) electrons. The molecule has 3 heterocycles. The molecule has 1 fully saturated rings. The highest BCUT2D eigenvalue weighted by atomic mass is 127. The van der Waals surface area contributed by atoms with Crippen molar-refractivity contribution in [2.75, 3.05) is 31.1 Å². The van der Waals surface area contributed by atoms with Crippen LogP contribution in [-0.2, 0) is 6.42 Å². The second kappa shape index (κ2) is 10.7. The van der Waals surface area contributed by atoms with Crippen molar-refractivity contribution in [3.05, 3.63) is 29.2 Å². The maximum Gasteiger partial charge on any atom is 0.228 e. The molecule has 26 heavy (non-hydrogen) atoms. The zero-order valence-electron chi connectivity index (χ0n) is 15.3. The van der Waals surface area contributed by atoms with Crippen LogP contribution in [0.1, 0.15) is 31.5 Å². The van der Waals surface area contributed by atoms with E-state index in [1.165, 1.54) is 5.00 Å². The Labute approximate surface area is 175 Å². The van der Waals surface area contributed by atoms with Gasteiger partial charge in [-0.05, 0) is 44.2 Å². The van der Waals surface area contributed by atoms with Crippen molar-refractivity contribution in [2.24, 2.45) is 4.99 Å². The lowest BCUT2D eigenvalue weighted by molar-refractivity contribution is 0.376. The summed E-state index contributed by atoms with van der Waals surface area (Å²) in [4.78, 5) is 11.3. The minimum absolute atomic E-state index is 0. The first-order valence-corrected chi connectivity index (χ1v) is 9.75. The highest BCUT2D eigenvalue weighted by Crippen LogP contribution is 2.24. The zero-order chi connectivity index (χ0) is 17.5. The fourth-order valence-electron chi connectivity index (χ4n) is 2.91. The van der Waals surface area contributed by atoms with Crippen molar-refractivity contribution in [1.82, 2.24) is 20.8 Å². The highest BCUT2D eigenvalue weighted by molar-refractivity contribution is 14.0. The van der Waals surface area contributed by atoms with Crippen molar-refractivity contribution >= 4 is 46.3 Å². The molecule has 0 saturated carbocycles. The third-order valence-electron chi connectivity index (χ3n) is 4.16. The molecular formula is C17H27IN6OS. The van der Waals surface area contributed by atoms with Gasteiger partial charge in [0.1, 0.15) is 0 Å². The Balaban J connectivity index is 0.00000243. The first-order chi connectivity index (χ1) is 12.2. The molecule has 9 heteroatoms. The number of nitrogens with one attached hydrogen (secondary N) is 2. The van der Waals surface area contributed by atoms with Crippen LogP contribution in [0.2, 0.25) is 0 Å². The monoisotopic (exact) mass is 490 g/mol. The molecular weight excluding hydrogens is 463 g/mol. The summed E-state index contributed by atoms with van der Waals surface area (Å²) in [6.07, 6.45) is 2.89. The number of guanidine groups is 1. The van der Waals surface area contributed by atoms with Crippen molar-refractivity contribution < 1.29 is 4.52 Å². The van der Waals surface area contributed by atoms with Gasteiger partial charge in [-0.1, -0.05) is 5.16 Å². The van der Waals surface area contributed by atoms with Crippen molar-refractivity contribution in [1.29, 1.82) is 0 Å². The number of nitrogens with zero attached hydrogens (tertiary/aromatic N) is 4. The number of anilines is 1. The van der Waals surface area contributed by atoms with Crippen LogP contribution in [0.4, 0.5) is 5.00 Å². The van der Waals surface area contributed by atoms with Gasteiger partial charge in [0.15, 0.2) is 11.8 Å². The van der Waals surface area contributed by atoms with Crippen LogP contribution in [0.5, 0.6) is 0 Å². The Bertz CT molecular complexity index is 667. The molecule has 1 saturated heterocycles. The van der Waals surface area contributed by atoms with Gasteiger partial charge in [-0.15, -0.1) is 35.3 Å². The van der Waals surface area contributed by atoms with Gasteiger partial charge < -0.3 is 20.1 Å². The second-order valence-corrected chi connectivity index (χ2v) is 7.03. The number of halogens is 1. The lowest BCUT2D eigenvalue weighted by Gasteiger charge is -2.33. The molecule has 2 N–H and O–H groups in total. The van der Waals surface area contributed by atoms with Crippen molar-refractivity contribution in [3.8, 4) is 0 Å². The predicted molar refractivity (Wildman–Crippen MR) is 117 cm³/mol. The van der Waals surface area contributed by atoms with Crippen LogP contribution in [0.15, 0.2) is 27.0 Å². The lowest BCUT2D eigenvalue weighted by Crippen LogP contribution is -2.48. The topological polar surface area (TPSA) is 78.6 Å². The summed E-state index contributed by atoms with van der Waals surface area (Å²) < 4.78 is 5.13. The first kappa shape index (κ1) is 20.9. The van der Waals surface area contributed by atoms with Gasteiger partial charge in [-0.25, -0.2) is 0 Å². The molecule has 1 aliphatic rings. The molecule has 7 nitrogen and oxygen atoms in total. The SMILES string of the molecule is CCNC(=NCCc1nc(C)no1)NC1CCN(c2cccs2)CC1.I. The van der Waals surface area contributed by atoms with Crippen LogP contribution in [0.3, 0.4) is 0 Å². The van der Waals surface area contributed by atoms with E-state index >= 15 is 0 Å². The van der Waals surface area contributed by atoms with Crippen LogP contribution in [-0.4, -0.2) is 48.3 Å². The van der Waals surface area contributed by atoms with Gasteiger partial charge in [0.25, 0.3) is 0 Å². The molecule has 0 aromatic carbocycles. The van der Waals surface area contributed by atoms with Gasteiger partial charge in [0.05, 0.1) is 11.5 Å². The number of rotatable bonds is 6. The smallest absolute Gasteiger partial charge is 0.228 e. The quantitative estimate of drug-likeness (QED) is 0.369. The number of aromatic nitrogens is 2. The molecule has 0 spiro atoms. The largest absolute Gasteiger partial charge is 0.363 e. The maximum atomic E-state index is 5.13. The molecule has 0 amide bonds. The minimum atomic E-state index is 0. The van der Waals surface area contributed by atoms with E-state index in [2.05, 4.69) is 55.1 Å². The van der Waals surface area contributed by atoms with E-state index in [0.29, 0.717) is 30.7 Å². The number of hydrogen-bond acceptors (Lipinski definition) is 6. The van der Waals surface area contributed by atoms with Crippen LogP contribution < -0.4 is 15.5 Å². The number of piperidine rings is 1. The Morgan fingerprint density at radius 1 is 1.42 bits per heavy atom. The van der Waals surface area contributed by atoms with Gasteiger partial charge >= 0.3 is 0 Å². The molecule has 2 aromatic heterocycles. The minimum Gasteiger partial charge on any atom is -0.363 e. The summed E-state index contributed by atoms with van der Waals surface area (Å²) >= 11 is 1.81. The molecule has 144 valence electrons. The fourth-order valence-corrected chi connectivity index (χ4v) is 3.70.